The summed E-state index contributed by atoms with van der Waals surface area (Å²) < 4.78 is 4.00. The van der Waals surface area contributed by atoms with E-state index in [4.69, 9.17) is 0 Å². The third-order valence-electron chi connectivity index (χ3n) is 0.939. The molecule has 0 spiro atoms. The van der Waals surface area contributed by atoms with Crippen LogP contribution in [0.3, 0.4) is 0 Å². The number of nitrogens with zero attached hydrogens (tertiary/aromatic N) is 1. The second kappa shape index (κ2) is 2.68. The highest BCUT2D eigenvalue weighted by Gasteiger charge is 1.76. The summed E-state index contributed by atoms with van der Waals surface area (Å²) in [7, 11) is 1.61. The molecule has 8 heavy (non-hydrogen) atoms. The lowest BCUT2D eigenvalue weighted by atomic mass is 10.3. The van der Waals surface area contributed by atoms with Gasteiger partial charge in [-0.15, -0.1) is 0 Å². The van der Waals surface area contributed by atoms with Crippen LogP contribution in [0.15, 0.2) is 35.1 Å². The summed E-state index contributed by atoms with van der Waals surface area (Å²) in [5.74, 6) is 0. The lowest BCUT2D eigenvalue weighted by Gasteiger charge is -1.85. The molecule has 0 aliphatic heterocycles. The van der Waals surface area contributed by atoms with Crippen molar-refractivity contribution in [3.63, 3.8) is 0 Å². The fraction of sp³-hybridized carbons (Fsp3) is 0. The molecule has 0 saturated carbocycles. The van der Waals surface area contributed by atoms with Crippen molar-refractivity contribution in [1.29, 1.82) is 0 Å². The van der Waals surface area contributed by atoms with Gasteiger partial charge in [-0.25, -0.2) is 0 Å². The maximum atomic E-state index is 4.00. The molecule has 0 N–H and O–H groups in total. The summed E-state index contributed by atoms with van der Waals surface area (Å²) in [6, 6.07) is 9.90. The lowest BCUT2D eigenvalue weighted by Crippen LogP contribution is -1.55. The number of benzene rings is 1. The van der Waals surface area contributed by atoms with Gasteiger partial charge < -0.3 is 0 Å². The molecule has 0 heterocycles. The Labute approximate surface area is 50.7 Å². The first-order chi connectivity index (χ1) is 3.93. The second-order valence-electron chi connectivity index (χ2n) is 1.49. The SMILES string of the molecule is [PH3]=Nc1ccccc1. The topological polar surface area (TPSA) is 12.4 Å². The molecular weight excluding hydrogens is 117 g/mol. The van der Waals surface area contributed by atoms with Gasteiger partial charge in [0.25, 0.3) is 0 Å². The van der Waals surface area contributed by atoms with Crippen molar-refractivity contribution < 1.29 is 0 Å². The second-order valence-corrected chi connectivity index (χ2v) is 1.81. The Morgan fingerprint density at radius 2 is 1.75 bits per heavy atom. The maximum Gasteiger partial charge on any atom is 0.0604 e. The highest BCUT2D eigenvalue weighted by molar-refractivity contribution is 7.04. The molecule has 0 amide bonds. The van der Waals surface area contributed by atoms with Gasteiger partial charge in [-0.1, -0.05) is 27.2 Å². The van der Waals surface area contributed by atoms with Gasteiger partial charge in [-0.05, 0) is 12.1 Å². The smallest absolute Gasteiger partial charge is 0.0604 e. The van der Waals surface area contributed by atoms with E-state index in [1.807, 2.05) is 30.3 Å². The lowest BCUT2D eigenvalue weighted by molar-refractivity contribution is 1.57. The first-order valence-corrected chi connectivity index (χ1v) is 3.08. The van der Waals surface area contributed by atoms with Gasteiger partial charge in [0.15, 0.2) is 0 Å². The number of hydrogen-bond acceptors (Lipinski definition) is 1. The van der Waals surface area contributed by atoms with Gasteiger partial charge in [0.1, 0.15) is 0 Å². The van der Waals surface area contributed by atoms with Gasteiger partial charge in [0.2, 0.25) is 0 Å². The van der Waals surface area contributed by atoms with Crippen molar-refractivity contribution >= 4 is 14.7 Å². The number of rotatable bonds is 1. The van der Waals surface area contributed by atoms with E-state index in [9.17, 15) is 0 Å². The molecular formula is C6H8NP. The van der Waals surface area contributed by atoms with E-state index in [0.717, 1.165) is 5.69 Å². The summed E-state index contributed by atoms with van der Waals surface area (Å²) in [6.07, 6.45) is 0. The fourth-order valence-electron chi connectivity index (χ4n) is 0.533. The molecule has 2 heteroatoms. The molecule has 1 aromatic carbocycles. The summed E-state index contributed by atoms with van der Waals surface area (Å²) >= 11 is 0. The van der Waals surface area contributed by atoms with E-state index < -0.39 is 0 Å². The summed E-state index contributed by atoms with van der Waals surface area (Å²) in [5.41, 5.74) is 1.05. The predicted molar refractivity (Wildman–Crippen MR) is 39.6 cm³/mol. The molecule has 1 atom stereocenters. The van der Waals surface area contributed by atoms with Crippen molar-refractivity contribution in [2.75, 3.05) is 0 Å². The highest BCUT2D eigenvalue weighted by atomic mass is 31.0. The fourth-order valence-corrected chi connectivity index (χ4v) is 0.744. The molecule has 0 aromatic heterocycles. The van der Waals surface area contributed by atoms with Crippen LogP contribution in [0.4, 0.5) is 5.69 Å². The van der Waals surface area contributed by atoms with Crippen LogP contribution in [0.1, 0.15) is 0 Å². The Morgan fingerprint density at radius 3 is 2.12 bits per heavy atom. The van der Waals surface area contributed by atoms with E-state index in [-0.39, 0.29) is 0 Å². The average Bonchev–Trinajstić information content (AvgIpc) is 1.90. The predicted octanol–water partition coefficient (Wildman–Crippen LogP) is 2.11. The summed E-state index contributed by atoms with van der Waals surface area (Å²) in [6.45, 7) is 0. The van der Waals surface area contributed by atoms with Crippen molar-refractivity contribution in [3.05, 3.63) is 30.3 Å². The summed E-state index contributed by atoms with van der Waals surface area (Å²) in [5, 5.41) is 0. The first-order valence-electron chi connectivity index (χ1n) is 2.45. The van der Waals surface area contributed by atoms with E-state index >= 15 is 0 Å². The molecule has 1 nitrogen and oxygen atoms in total. The minimum Gasteiger partial charge on any atom is -0.277 e. The van der Waals surface area contributed by atoms with Crippen LogP contribution < -0.4 is 0 Å². The highest BCUT2D eigenvalue weighted by Crippen LogP contribution is 2.09. The van der Waals surface area contributed by atoms with Crippen LogP contribution in [-0.2, 0) is 0 Å². The van der Waals surface area contributed by atoms with Crippen molar-refractivity contribution in [2.24, 2.45) is 4.74 Å². The molecule has 1 unspecified atom stereocenters. The Hall–Kier alpha value is -0.550. The van der Waals surface area contributed by atoms with E-state index in [0.29, 0.717) is 0 Å². The van der Waals surface area contributed by atoms with Crippen LogP contribution >= 0.6 is 9.03 Å². The zero-order valence-corrected chi connectivity index (χ0v) is 5.96. The van der Waals surface area contributed by atoms with Crippen molar-refractivity contribution in [3.8, 4) is 0 Å². The molecule has 1 rings (SSSR count). The van der Waals surface area contributed by atoms with Crippen LogP contribution in [0.25, 0.3) is 0 Å². The Balaban J connectivity index is 2.99. The van der Waals surface area contributed by atoms with Gasteiger partial charge in [0, 0.05) is 0 Å². The zero-order chi connectivity index (χ0) is 5.82. The van der Waals surface area contributed by atoms with Crippen molar-refractivity contribution in [1.82, 2.24) is 0 Å². The van der Waals surface area contributed by atoms with Crippen molar-refractivity contribution in [2.45, 2.75) is 0 Å². The third-order valence-corrected chi connectivity index (χ3v) is 1.30. The maximum absolute atomic E-state index is 4.00. The zero-order valence-electron chi connectivity index (χ0n) is 4.54. The van der Waals surface area contributed by atoms with Gasteiger partial charge in [0.05, 0.1) is 5.69 Å². The van der Waals surface area contributed by atoms with E-state index in [2.05, 4.69) is 4.74 Å². The normalized spacial score (nSPS) is 9.00. The third kappa shape index (κ3) is 1.21. The standard InChI is InChI=1S/C6H8NP/c8-7-6-4-2-1-3-5-6/h1-5H,8H3. The Morgan fingerprint density at radius 1 is 1.12 bits per heavy atom. The molecule has 0 aliphatic carbocycles. The van der Waals surface area contributed by atoms with E-state index in [1.54, 1.807) is 9.03 Å². The Bertz CT molecular complexity index is 171. The van der Waals surface area contributed by atoms with Gasteiger partial charge in [-0.3, -0.25) is 4.74 Å². The minimum atomic E-state index is 1.05. The van der Waals surface area contributed by atoms with Crippen LogP contribution in [0.5, 0.6) is 0 Å². The van der Waals surface area contributed by atoms with E-state index in [1.165, 1.54) is 0 Å². The first kappa shape index (κ1) is 5.58. The monoisotopic (exact) mass is 125 g/mol. The van der Waals surface area contributed by atoms with Crippen LogP contribution in [0.2, 0.25) is 0 Å². The molecule has 0 radical (unpaired) electrons. The quantitative estimate of drug-likeness (QED) is 0.510. The molecule has 1 aromatic rings. The molecule has 0 aliphatic rings. The van der Waals surface area contributed by atoms with Gasteiger partial charge >= 0.3 is 0 Å². The van der Waals surface area contributed by atoms with Crippen LogP contribution in [0, 0.1) is 0 Å². The summed E-state index contributed by atoms with van der Waals surface area (Å²) in [4.78, 5) is 0. The Kier molecular flexibility index (Phi) is 1.87. The minimum absolute atomic E-state index is 1.05. The number of hydrogen-bond donors (Lipinski definition) is 0. The molecule has 0 saturated heterocycles. The van der Waals surface area contributed by atoms with Crippen LogP contribution in [-0.4, -0.2) is 0 Å². The largest absolute Gasteiger partial charge is 0.277 e. The molecule has 42 valence electrons. The molecule has 0 fully saturated rings. The average molecular weight is 125 g/mol. The molecule has 0 bridgehead atoms. The van der Waals surface area contributed by atoms with Gasteiger partial charge in [-0.2, -0.15) is 0 Å².